The van der Waals surface area contributed by atoms with Crippen LogP contribution in [0.4, 0.5) is 5.13 Å². The second kappa shape index (κ2) is 4.39. The van der Waals surface area contributed by atoms with E-state index in [1.54, 1.807) is 6.20 Å². The summed E-state index contributed by atoms with van der Waals surface area (Å²) in [6.45, 7) is 1.94. The van der Waals surface area contributed by atoms with Crippen molar-refractivity contribution in [2.75, 3.05) is 5.73 Å². The SMILES string of the molecule is Cc1nc(N)sc1-c1ccccn1.Cl. The van der Waals surface area contributed by atoms with Crippen LogP contribution in [0, 0.1) is 6.92 Å². The van der Waals surface area contributed by atoms with Crippen LogP contribution in [0.5, 0.6) is 0 Å². The van der Waals surface area contributed by atoms with Crippen LogP contribution in [0.25, 0.3) is 10.6 Å². The van der Waals surface area contributed by atoms with Gasteiger partial charge in [-0.3, -0.25) is 4.98 Å². The minimum absolute atomic E-state index is 0. The van der Waals surface area contributed by atoms with Gasteiger partial charge in [-0.1, -0.05) is 17.4 Å². The molecule has 0 unspecified atom stereocenters. The lowest BCUT2D eigenvalue weighted by atomic mass is 10.3. The molecule has 0 spiro atoms. The lowest BCUT2D eigenvalue weighted by molar-refractivity contribution is 1.25. The zero-order valence-corrected chi connectivity index (χ0v) is 9.23. The van der Waals surface area contributed by atoms with Gasteiger partial charge in [0.05, 0.1) is 16.3 Å². The number of rotatable bonds is 1. The van der Waals surface area contributed by atoms with Crippen LogP contribution >= 0.6 is 23.7 Å². The average molecular weight is 228 g/mol. The Hall–Kier alpha value is -1.13. The molecule has 0 saturated heterocycles. The molecule has 0 aromatic carbocycles. The van der Waals surface area contributed by atoms with Crippen molar-refractivity contribution in [2.45, 2.75) is 6.92 Å². The van der Waals surface area contributed by atoms with Crippen LogP contribution in [0.3, 0.4) is 0 Å². The van der Waals surface area contributed by atoms with Crippen LogP contribution in [-0.2, 0) is 0 Å². The summed E-state index contributed by atoms with van der Waals surface area (Å²) in [5.74, 6) is 0. The third kappa shape index (κ3) is 2.02. The van der Waals surface area contributed by atoms with Crippen molar-refractivity contribution < 1.29 is 0 Å². The molecule has 14 heavy (non-hydrogen) atoms. The number of thiazole rings is 1. The lowest BCUT2D eigenvalue weighted by Crippen LogP contribution is -1.82. The Morgan fingerprint density at radius 3 is 2.64 bits per heavy atom. The van der Waals surface area contributed by atoms with Crippen LogP contribution < -0.4 is 5.73 Å². The summed E-state index contributed by atoms with van der Waals surface area (Å²) >= 11 is 1.47. The lowest BCUT2D eigenvalue weighted by Gasteiger charge is -1.94. The summed E-state index contributed by atoms with van der Waals surface area (Å²) in [4.78, 5) is 9.44. The van der Waals surface area contributed by atoms with Gasteiger partial charge in [0, 0.05) is 6.20 Å². The molecule has 0 radical (unpaired) electrons. The number of hydrogen-bond acceptors (Lipinski definition) is 4. The number of aryl methyl sites for hydroxylation is 1. The average Bonchev–Trinajstić information content (AvgIpc) is 2.47. The van der Waals surface area contributed by atoms with Gasteiger partial charge in [-0.15, -0.1) is 12.4 Å². The van der Waals surface area contributed by atoms with E-state index in [2.05, 4.69) is 9.97 Å². The second-order valence-corrected chi connectivity index (χ2v) is 3.71. The first kappa shape index (κ1) is 10.9. The number of nitrogens with zero attached hydrogens (tertiary/aromatic N) is 2. The smallest absolute Gasteiger partial charge is 0.180 e. The highest BCUT2D eigenvalue weighted by Crippen LogP contribution is 2.29. The Kier molecular flexibility index (Phi) is 3.43. The van der Waals surface area contributed by atoms with Gasteiger partial charge in [0.2, 0.25) is 0 Å². The van der Waals surface area contributed by atoms with Crippen molar-refractivity contribution in [3.05, 3.63) is 30.1 Å². The molecule has 0 aliphatic heterocycles. The summed E-state index contributed by atoms with van der Waals surface area (Å²) in [5, 5.41) is 0.596. The summed E-state index contributed by atoms with van der Waals surface area (Å²) in [5.41, 5.74) is 7.48. The largest absolute Gasteiger partial charge is 0.375 e. The third-order valence-electron chi connectivity index (χ3n) is 1.71. The predicted molar refractivity (Wildman–Crippen MR) is 61.7 cm³/mol. The number of nitrogen functional groups attached to an aromatic ring is 1. The number of hydrogen-bond donors (Lipinski definition) is 1. The fraction of sp³-hybridized carbons (Fsp3) is 0.111. The molecule has 3 nitrogen and oxygen atoms in total. The quantitative estimate of drug-likeness (QED) is 0.815. The third-order valence-corrected chi connectivity index (χ3v) is 2.72. The molecule has 2 aromatic heterocycles. The van der Waals surface area contributed by atoms with Gasteiger partial charge in [0.1, 0.15) is 0 Å². The van der Waals surface area contributed by atoms with Gasteiger partial charge in [-0.25, -0.2) is 4.98 Å². The Bertz CT molecular complexity index is 413. The molecule has 0 aliphatic rings. The van der Waals surface area contributed by atoms with E-state index in [0.717, 1.165) is 16.3 Å². The number of aromatic nitrogens is 2. The van der Waals surface area contributed by atoms with E-state index in [9.17, 15) is 0 Å². The van der Waals surface area contributed by atoms with E-state index in [0.29, 0.717) is 5.13 Å². The molecule has 0 saturated carbocycles. The zero-order valence-electron chi connectivity index (χ0n) is 7.60. The molecule has 0 amide bonds. The van der Waals surface area contributed by atoms with Crippen molar-refractivity contribution in [3.8, 4) is 10.6 Å². The first-order valence-corrected chi connectivity index (χ1v) is 4.73. The van der Waals surface area contributed by atoms with Gasteiger partial charge >= 0.3 is 0 Å². The highest BCUT2D eigenvalue weighted by molar-refractivity contribution is 7.18. The van der Waals surface area contributed by atoms with E-state index in [1.807, 2.05) is 25.1 Å². The predicted octanol–water partition coefficient (Wildman–Crippen LogP) is 2.52. The maximum atomic E-state index is 5.60. The zero-order chi connectivity index (χ0) is 9.26. The standard InChI is InChI=1S/C9H9N3S.ClH/c1-6-8(13-9(10)12-6)7-4-2-3-5-11-7;/h2-5H,1H3,(H2,10,12);1H. The van der Waals surface area contributed by atoms with E-state index in [4.69, 9.17) is 5.73 Å². The Morgan fingerprint density at radius 2 is 2.14 bits per heavy atom. The molecule has 74 valence electrons. The van der Waals surface area contributed by atoms with Crippen LogP contribution in [0.15, 0.2) is 24.4 Å². The minimum atomic E-state index is 0. The maximum absolute atomic E-state index is 5.60. The molecule has 0 atom stereocenters. The molecule has 0 bridgehead atoms. The highest BCUT2D eigenvalue weighted by atomic mass is 35.5. The monoisotopic (exact) mass is 227 g/mol. The van der Waals surface area contributed by atoms with Crippen molar-refractivity contribution in [2.24, 2.45) is 0 Å². The first-order valence-electron chi connectivity index (χ1n) is 3.91. The fourth-order valence-electron chi connectivity index (χ4n) is 1.15. The fourth-order valence-corrected chi connectivity index (χ4v) is 1.96. The molecule has 2 aromatic rings. The molecule has 2 heterocycles. The molecular formula is C9H10ClN3S. The number of halogens is 1. The molecule has 0 fully saturated rings. The number of anilines is 1. The topological polar surface area (TPSA) is 51.8 Å². The van der Waals surface area contributed by atoms with Gasteiger partial charge in [-0.05, 0) is 19.1 Å². The molecule has 2 N–H and O–H groups in total. The van der Waals surface area contributed by atoms with Gasteiger partial charge < -0.3 is 5.73 Å². The van der Waals surface area contributed by atoms with E-state index in [1.165, 1.54) is 11.3 Å². The van der Waals surface area contributed by atoms with E-state index in [-0.39, 0.29) is 12.4 Å². The van der Waals surface area contributed by atoms with Crippen molar-refractivity contribution in [3.63, 3.8) is 0 Å². The Balaban J connectivity index is 0.000000980. The van der Waals surface area contributed by atoms with Crippen molar-refractivity contribution in [1.82, 2.24) is 9.97 Å². The van der Waals surface area contributed by atoms with E-state index >= 15 is 0 Å². The molecule has 2 rings (SSSR count). The summed E-state index contributed by atoms with van der Waals surface area (Å²) in [7, 11) is 0. The van der Waals surface area contributed by atoms with Crippen LogP contribution in [0.2, 0.25) is 0 Å². The molecule has 5 heteroatoms. The normalized spacial score (nSPS) is 9.50. The summed E-state index contributed by atoms with van der Waals surface area (Å²) in [6, 6.07) is 5.81. The number of nitrogens with two attached hydrogens (primary N) is 1. The van der Waals surface area contributed by atoms with Gasteiger partial charge in [0.25, 0.3) is 0 Å². The molecular weight excluding hydrogens is 218 g/mol. The van der Waals surface area contributed by atoms with Crippen LogP contribution in [-0.4, -0.2) is 9.97 Å². The van der Waals surface area contributed by atoms with Crippen molar-refractivity contribution in [1.29, 1.82) is 0 Å². The van der Waals surface area contributed by atoms with Crippen molar-refractivity contribution >= 4 is 28.9 Å². The second-order valence-electron chi connectivity index (χ2n) is 2.68. The van der Waals surface area contributed by atoms with Gasteiger partial charge in [0.15, 0.2) is 5.13 Å². The Morgan fingerprint density at radius 1 is 1.36 bits per heavy atom. The molecule has 0 aliphatic carbocycles. The van der Waals surface area contributed by atoms with Crippen LogP contribution in [0.1, 0.15) is 5.69 Å². The summed E-state index contributed by atoms with van der Waals surface area (Å²) < 4.78 is 0. The Labute approximate surface area is 92.4 Å². The minimum Gasteiger partial charge on any atom is -0.375 e. The van der Waals surface area contributed by atoms with Gasteiger partial charge in [-0.2, -0.15) is 0 Å². The first-order chi connectivity index (χ1) is 6.27. The number of pyridine rings is 1. The summed E-state index contributed by atoms with van der Waals surface area (Å²) in [6.07, 6.45) is 1.77. The maximum Gasteiger partial charge on any atom is 0.180 e. The van der Waals surface area contributed by atoms with E-state index < -0.39 is 0 Å². The highest BCUT2D eigenvalue weighted by Gasteiger charge is 2.07.